The SMILES string of the molecule is N.N#C[S-].[Co]. The molecule has 0 saturated heterocycles. The van der Waals surface area contributed by atoms with Crippen LogP contribution >= 0.6 is 0 Å². The second-order valence-corrected chi connectivity index (χ2v) is 0.274. The van der Waals surface area contributed by atoms with E-state index in [0.717, 1.165) is 0 Å². The van der Waals surface area contributed by atoms with Crippen LogP contribution in [0.2, 0.25) is 0 Å². The minimum atomic E-state index is 0. The second kappa shape index (κ2) is 30.4. The molecule has 0 aromatic rings. The Bertz CT molecular complexity index is 31.1. The first-order valence-corrected chi connectivity index (χ1v) is 0.836. The molecule has 0 spiro atoms. The first-order chi connectivity index (χ1) is 1.41. The van der Waals surface area contributed by atoms with Crippen molar-refractivity contribution in [3.63, 3.8) is 0 Å². The molecule has 0 atom stereocenters. The van der Waals surface area contributed by atoms with Crippen LogP contribution in [-0.4, -0.2) is 0 Å². The summed E-state index contributed by atoms with van der Waals surface area (Å²) in [4.78, 5) is 0. The predicted molar refractivity (Wildman–Crippen MR) is 18.0 cm³/mol. The Balaban J connectivity index is -0.0000000200. The van der Waals surface area contributed by atoms with E-state index in [2.05, 4.69) is 12.6 Å². The van der Waals surface area contributed by atoms with Crippen LogP contribution in [0.4, 0.5) is 0 Å². The van der Waals surface area contributed by atoms with Gasteiger partial charge in [0, 0.05) is 16.8 Å². The van der Waals surface area contributed by atoms with E-state index in [1.165, 1.54) is 5.40 Å². The predicted octanol–water partition coefficient (Wildman–Crippen LogP) is 0.174. The average molecular weight is 134 g/mol. The molecule has 0 heterocycles. The molecule has 0 bridgehead atoms. The number of nitrogens with zero attached hydrogens (tertiary/aromatic N) is 1. The maximum Gasteiger partial charge on any atom is 0 e. The van der Waals surface area contributed by atoms with Crippen molar-refractivity contribution in [1.82, 2.24) is 6.15 Å². The van der Waals surface area contributed by atoms with E-state index in [9.17, 15) is 0 Å². The van der Waals surface area contributed by atoms with Crippen molar-refractivity contribution >= 4 is 12.6 Å². The fourth-order valence-electron chi connectivity index (χ4n) is 0. The Morgan fingerprint density at radius 2 is 1.60 bits per heavy atom. The van der Waals surface area contributed by atoms with Gasteiger partial charge in [-0.3, -0.25) is 0 Å². The molecule has 0 aromatic heterocycles. The number of nitriles is 1. The minimum Gasteiger partial charge on any atom is -0.696 e. The maximum absolute atomic E-state index is 7.13. The third kappa shape index (κ3) is 635. The molecule has 0 unspecified atom stereocenters. The molecule has 3 N–H and O–H groups in total. The van der Waals surface area contributed by atoms with Gasteiger partial charge in [0.25, 0.3) is 0 Å². The van der Waals surface area contributed by atoms with Gasteiger partial charge in [0.05, 0.1) is 0 Å². The molecule has 33 valence electrons. The molecule has 5 heavy (non-hydrogen) atoms. The number of hydrogen-bond donors (Lipinski definition) is 1. The van der Waals surface area contributed by atoms with Crippen LogP contribution in [0, 0.1) is 10.7 Å². The van der Waals surface area contributed by atoms with Crippen LogP contribution in [0.15, 0.2) is 0 Å². The van der Waals surface area contributed by atoms with Gasteiger partial charge in [-0.25, -0.2) is 5.26 Å². The summed E-state index contributed by atoms with van der Waals surface area (Å²) in [5, 5.41) is 8.47. The molecule has 0 aromatic carbocycles. The summed E-state index contributed by atoms with van der Waals surface area (Å²) in [5.41, 5.74) is 0. The number of hydrogen-bond acceptors (Lipinski definition) is 3. The van der Waals surface area contributed by atoms with Crippen LogP contribution in [0.1, 0.15) is 0 Å². The van der Waals surface area contributed by atoms with E-state index >= 15 is 0 Å². The van der Waals surface area contributed by atoms with Gasteiger partial charge in [-0.1, -0.05) is 5.40 Å². The van der Waals surface area contributed by atoms with Gasteiger partial charge in [0.2, 0.25) is 0 Å². The Morgan fingerprint density at radius 1 is 1.60 bits per heavy atom. The van der Waals surface area contributed by atoms with E-state index < -0.39 is 0 Å². The molecule has 0 aliphatic heterocycles. The van der Waals surface area contributed by atoms with Crippen LogP contribution in [0.3, 0.4) is 0 Å². The molecule has 0 aliphatic rings. The Kier molecular flexibility index (Phi) is 116. The topological polar surface area (TPSA) is 58.8 Å². The summed E-state index contributed by atoms with van der Waals surface area (Å²) in [5.74, 6) is 0. The monoisotopic (exact) mass is 134 g/mol. The fourth-order valence-corrected chi connectivity index (χ4v) is 0. The standard InChI is InChI=1S/CHNS.Co.H3N/c2-1-3;;/h3H;;1H3/p-1. The Hall–Kier alpha value is 0.176. The second-order valence-electron chi connectivity index (χ2n) is 0.0913. The molecule has 0 rings (SSSR count). The summed E-state index contributed by atoms with van der Waals surface area (Å²) < 4.78 is 0. The van der Waals surface area contributed by atoms with Crippen molar-refractivity contribution in [1.29, 1.82) is 5.26 Å². The zero-order valence-electron chi connectivity index (χ0n) is 2.40. The van der Waals surface area contributed by atoms with Gasteiger partial charge in [-0.2, -0.15) is 0 Å². The largest absolute Gasteiger partial charge is 0.696 e. The van der Waals surface area contributed by atoms with E-state index in [0.29, 0.717) is 0 Å². The summed E-state index contributed by atoms with van der Waals surface area (Å²) in [6.07, 6.45) is 0. The maximum atomic E-state index is 7.13. The average Bonchev–Trinajstić information content (AvgIpc) is 0.918. The normalized spacial score (nSPS) is 1.40. The van der Waals surface area contributed by atoms with Crippen molar-refractivity contribution in [2.75, 3.05) is 0 Å². The van der Waals surface area contributed by atoms with Crippen LogP contribution in [-0.2, 0) is 29.4 Å². The van der Waals surface area contributed by atoms with Crippen molar-refractivity contribution in [2.45, 2.75) is 0 Å². The van der Waals surface area contributed by atoms with E-state index in [4.69, 9.17) is 5.26 Å². The summed E-state index contributed by atoms with van der Waals surface area (Å²) >= 11 is 3.70. The Morgan fingerprint density at radius 3 is 1.60 bits per heavy atom. The molecule has 1 radical (unpaired) electrons. The minimum absolute atomic E-state index is 0. The Labute approximate surface area is 46.7 Å². The third-order valence-electron chi connectivity index (χ3n) is 0. The fraction of sp³-hybridized carbons (Fsp3) is 0. The quantitative estimate of drug-likeness (QED) is 0.379. The first kappa shape index (κ1) is 19.1. The zero-order valence-corrected chi connectivity index (χ0v) is 4.25. The third-order valence-corrected chi connectivity index (χ3v) is 0. The van der Waals surface area contributed by atoms with Crippen molar-refractivity contribution < 1.29 is 16.8 Å². The summed E-state index contributed by atoms with van der Waals surface area (Å²) in [6, 6.07) is 0. The molecular formula is CH3CoN2S-. The van der Waals surface area contributed by atoms with Crippen LogP contribution in [0.25, 0.3) is 0 Å². The summed E-state index contributed by atoms with van der Waals surface area (Å²) in [7, 11) is 0. The van der Waals surface area contributed by atoms with E-state index in [1.54, 1.807) is 0 Å². The van der Waals surface area contributed by atoms with Crippen LogP contribution < -0.4 is 6.15 Å². The first-order valence-electron chi connectivity index (χ1n) is 0.428. The van der Waals surface area contributed by atoms with Crippen molar-refractivity contribution in [2.24, 2.45) is 0 Å². The smallest absolute Gasteiger partial charge is 0 e. The van der Waals surface area contributed by atoms with Crippen LogP contribution in [0.5, 0.6) is 0 Å². The number of thiocyanates is 1. The van der Waals surface area contributed by atoms with E-state index in [1.807, 2.05) is 0 Å². The molecule has 0 fully saturated rings. The van der Waals surface area contributed by atoms with Crippen molar-refractivity contribution in [3.8, 4) is 5.40 Å². The molecule has 2 nitrogen and oxygen atoms in total. The zero-order chi connectivity index (χ0) is 2.71. The molecule has 0 amide bonds. The molecule has 4 heteroatoms. The molecule has 0 aliphatic carbocycles. The number of rotatable bonds is 0. The van der Waals surface area contributed by atoms with Gasteiger partial charge in [-0.15, -0.1) is 0 Å². The van der Waals surface area contributed by atoms with Gasteiger partial charge >= 0.3 is 0 Å². The molecule has 0 saturated carbocycles. The van der Waals surface area contributed by atoms with Crippen molar-refractivity contribution in [3.05, 3.63) is 0 Å². The molecular weight excluding hydrogens is 131 g/mol. The summed E-state index contributed by atoms with van der Waals surface area (Å²) in [6.45, 7) is 0. The van der Waals surface area contributed by atoms with Gasteiger partial charge < -0.3 is 18.8 Å². The van der Waals surface area contributed by atoms with Gasteiger partial charge in [0.15, 0.2) is 0 Å². The van der Waals surface area contributed by atoms with Gasteiger partial charge in [-0.05, 0) is 0 Å². The van der Waals surface area contributed by atoms with Gasteiger partial charge in [0.1, 0.15) is 0 Å². The van der Waals surface area contributed by atoms with E-state index in [-0.39, 0.29) is 22.9 Å².